The summed E-state index contributed by atoms with van der Waals surface area (Å²) in [6, 6.07) is 0. The smallest absolute Gasteiger partial charge is 0.397 e. The van der Waals surface area contributed by atoms with Gasteiger partial charge in [-0.05, 0) is 51.4 Å². The van der Waals surface area contributed by atoms with Gasteiger partial charge in [-0.1, -0.05) is 224 Å². The van der Waals surface area contributed by atoms with E-state index < -0.39 is 59.8 Å². The van der Waals surface area contributed by atoms with E-state index in [2.05, 4.69) is 54.5 Å². The maximum absolute atomic E-state index is 12.9. The summed E-state index contributed by atoms with van der Waals surface area (Å²) in [5.74, 6) is -0.399. The minimum absolute atomic E-state index is 0.0379. The lowest BCUT2D eigenvalue weighted by molar-refractivity contribution is -0.301. The molecule has 0 saturated carbocycles. The van der Waals surface area contributed by atoms with E-state index in [9.17, 15) is 33.1 Å². The third kappa shape index (κ3) is 39.0. The molecule has 0 aromatic rings. The molecule has 1 aliphatic heterocycles. The number of carbonyl (C=O) groups excluding carboxylic acids is 1. The van der Waals surface area contributed by atoms with Gasteiger partial charge in [-0.15, -0.1) is 0 Å². The van der Waals surface area contributed by atoms with Crippen LogP contribution in [0.3, 0.4) is 0 Å². The molecule has 0 aromatic heterocycles. The van der Waals surface area contributed by atoms with Gasteiger partial charge in [-0.25, -0.2) is 4.18 Å². The van der Waals surface area contributed by atoms with Crippen LogP contribution >= 0.6 is 0 Å². The first-order valence-electron chi connectivity index (χ1n) is 27.7. The Hall–Kier alpha value is -1.68. The summed E-state index contributed by atoms with van der Waals surface area (Å²) < 4.78 is 59.3. The molecule has 0 aromatic carbocycles. The molecule has 1 fully saturated rings. The molecule has 1 aliphatic rings. The van der Waals surface area contributed by atoms with Crippen LogP contribution in [0.5, 0.6) is 0 Å². The zero-order valence-corrected chi connectivity index (χ0v) is 44.0. The number of rotatable bonds is 49. The Kier molecular flexibility index (Phi) is 43.9. The number of carbonyl (C=O) groups is 1. The van der Waals surface area contributed by atoms with Crippen LogP contribution in [0.1, 0.15) is 245 Å². The number of ether oxygens (including phenoxy) is 4. The Morgan fingerprint density at radius 1 is 0.559 bits per heavy atom. The lowest BCUT2D eigenvalue weighted by Crippen LogP contribution is -2.60. The van der Waals surface area contributed by atoms with E-state index in [0.29, 0.717) is 13.0 Å². The van der Waals surface area contributed by atoms with E-state index >= 15 is 0 Å². The van der Waals surface area contributed by atoms with Crippen molar-refractivity contribution in [2.75, 3.05) is 26.4 Å². The molecule has 13 heteroatoms. The molecular weight excluding hydrogens is 885 g/mol. The van der Waals surface area contributed by atoms with E-state index in [0.717, 1.165) is 57.8 Å². The Labute approximate surface area is 415 Å². The molecule has 4 N–H and O–H groups in total. The molecular formula is C55H102O12S. The predicted octanol–water partition coefficient (Wildman–Crippen LogP) is 13.3. The third-order valence-corrected chi connectivity index (χ3v) is 13.2. The molecule has 400 valence electrons. The topological polar surface area (TPSA) is 178 Å². The van der Waals surface area contributed by atoms with Crippen LogP contribution in [0, 0.1) is 0 Å². The van der Waals surface area contributed by atoms with Gasteiger partial charge in [0.25, 0.3) is 0 Å². The van der Waals surface area contributed by atoms with E-state index in [4.69, 9.17) is 18.9 Å². The van der Waals surface area contributed by atoms with Crippen molar-refractivity contribution < 1.29 is 56.2 Å². The fourth-order valence-corrected chi connectivity index (χ4v) is 9.07. The Bertz CT molecular complexity index is 1320. The second-order valence-corrected chi connectivity index (χ2v) is 20.2. The van der Waals surface area contributed by atoms with Crippen molar-refractivity contribution in [2.24, 2.45) is 0 Å². The van der Waals surface area contributed by atoms with Gasteiger partial charge < -0.3 is 34.3 Å². The molecule has 6 unspecified atom stereocenters. The second kappa shape index (κ2) is 46.4. The van der Waals surface area contributed by atoms with Crippen LogP contribution in [0.4, 0.5) is 0 Å². The summed E-state index contributed by atoms with van der Waals surface area (Å²) in [7, 11) is -5.07. The van der Waals surface area contributed by atoms with E-state index in [-0.39, 0.29) is 19.6 Å². The highest BCUT2D eigenvalue weighted by atomic mass is 32.3. The van der Waals surface area contributed by atoms with Crippen molar-refractivity contribution >= 4 is 16.4 Å². The lowest BCUT2D eigenvalue weighted by atomic mass is 9.99. The van der Waals surface area contributed by atoms with Gasteiger partial charge in [0, 0.05) is 13.0 Å². The van der Waals surface area contributed by atoms with Gasteiger partial charge >= 0.3 is 16.4 Å². The predicted molar refractivity (Wildman–Crippen MR) is 276 cm³/mol. The largest absolute Gasteiger partial charge is 0.457 e. The Morgan fingerprint density at radius 3 is 1.41 bits per heavy atom. The maximum Gasteiger partial charge on any atom is 0.397 e. The number of unbranched alkanes of at least 4 members (excludes halogenated alkanes) is 30. The van der Waals surface area contributed by atoms with Crippen molar-refractivity contribution in [1.29, 1.82) is 0 Å². The normalized spacial score (nSPS) is 19.5. The average Bonchev–Trinajstić information content (AvgIpc) is 3.31. The maximum atomic E-state index is 12.9. The van der Waals surface area contributed by atoms with Gasteiger partial charge in [0.05, 0.1) is 19.8 Å². The molecule has 1 heterocycles. The third-order valence-electron chi connectivity index (χ3n) is 12.8. The van der Waals surface area contributed by atoms with Crippen LogP contribution in [0.2, 0.25) is 0 Å². The molecule has 0 radical (unpaired) electrons. The van der Waals surface area contributed by atoms with Crippen molar-refractivity contribution in [3.63, 3.8) is 0 Å². The van der Waals surface area contributed by atoms with E-state index in [1.54, 1.807) is 0 Å². The minimum Gasteiger partial charge on any atom is -0.457 e. The lowest BCUT2D eigenvalue weighted by Gasteiger charge is -2.41. The summed E-state index contributed by atoms with van der Waals surface area (Å²) in [4.78, 5) is 12.9. The number of hydrogen-bond donors (Lipinski definition) is 4. The monoisotopic (exact) mass is 987 g/mol. The van der Waals surface area contributed by atoms with E-state index in [1.807, 2.05) is 0 Å². The first-order chi connectivity index (χ1) is 33.1. The molecule has 12 nitrogen and oxygen atoms in total. The van der Waals surface area contributed by atoms with Gasteiger partial charge in [-0.2, -0.15) is 8.42 Å². The molecule has 0 spiro atoms. The first-order valence-corrected chi connectivity index (χ1v) is 29.1. The number of aliphatic hydroxyl groups is 3. The minimum atomic E-state index is -5.07. The van der Waals surface area contributed by atoms with Crippen LogP contribution in [-0.4, -0.2) is 97.5 Å². The highest BCUT2D eigenvalue weighted by Crippen LogP contribution is 2.26. The molecule has 1 saturated heterocycles. The van der Waals surface area contributed by atoms with Gasteiger partial charge in [0.2, 0.25) is 0 Å². The molecule has 0 amide bonds. The van der Waals surface area contributed by atoms with Gasteiger partial charge in [0.15, 0.2) is 6.29 Å². The highest BCUT2D eigenvalue weighted by Gasteiger charge is 2.48. The fourth-order valence-electron chi connectivity index (χ4n) is 8.56. The average molecular weight is 987 g/mol. The van der Waals surface area contributed by atoms with Gasteiger partial charge in [0.1, 0.15) is 30.5 Å². The zero-order valence-electron chi connectivity index (χ0n) is 43.2. The van der Waals surface area contributed by atoms with Crippen LogP contribution < -0.4 is 0 Å². The van der Waals surface area contributed by atoms with Crippen molar-refractivity contribution in [3.8, 4) is 0 Å². The second-order valence-electron chi connectivity index (χ2n) is 19.2. The summed E-state index contributed by atoms with van der Waals surface area (Å²) in [5, 5.41) is 30.8. The fraction of sp³-hybridized carbons (Fsp3) is 0.873. The summed E-state index contributed by atoms with van der Waals surface area (Å²) in [6.07, 6.45) is 47.5. The molecule has 6 atom stereocenters. The van der Waals surface area contributed by atoms with Crippen LogP contribution in [0.15, 0.2) is 36.5 Å². The molecule has 68 heavy (non-hydrogen) atoms. The molecule has 1 rings (SSSR count). The van der Waals surface area contributed by atoms with Crippen molar-refractivity contribution in [3.05, 3.63) is 36.5 Å². The first kappa shape index (κ1) is 64.3. The van der Waals surface area contributed by atoms with E-state index in [1.165, 1.54) is 161 Å². The number of aliphatic hydroxyl groups excluding tert-OH is 3. The number of esters is 1. The quantitative estimate of drug-likeness (QED) is 0.0197. The summed E-state index contributed by atoms with van der Waals surface area (Å²) >= 11 is 0. The Balaban J connectivity index is 2.30. The number of allylic oxidation sites excluding steroid dienone is 6. The summed E-state index contributed by atoms with van der Waals surface area (Å²) in [6.45, 7) is 4.02. The highest BCUT2D eigenvalue weighted by molar-refractivity contribution is 7.80. The van der Waals surface area contributed by atoms with Crippen LogP contribution in [-0.2, 0) is 38.3 Å². The summed E-state index contributed by atoms with van der Waals surface area (Å²) in [5.41, 5.74) is 0. The van der Waals surface area contributed by atoms with Gasteiger partial charge in [-0.3, -0.25) is 9.35 Å². The molecule has 0 aliphatic carbocycles. The SMILES string of the molecule is CCCCCCC/C=C\C/C=C\C/C=C\CCCCCCCCCCCCC(=O)OC(COCCCCCCCCCCCCCCCCCC)COC1OC(CO)C(O)C(OS(=O)(=O)O)C1O. The number of hydrogen-bond acceptors (Lipinski definition) is 11. The molecule has 0 bridgehead atoms. The Morgan fingerprint density at radius 2 is 0.971 bits per heavy atom. The van der Waals surface area contributed by atoms with Crippen LogP contribution in [0.25, 0.3) is 0 Å². The zero-order chi connectivity index (χ0) is 49.6. The van der Waals surface area contributed by atoms with Crippen molar-refractivity contribution in [1.82, 2.24) is 0 Å². The standard InChI is InChI=1S/C55H102O12S/c1-3-5-7-9-11-13-15-17-19-21-22-23-24-25-26-27-28-29-30-32-34-36-38-40-42-44-51(57)65-49(48-64-55-53(59)54(67-68(60,61)62)52(58)50(46-56)66-55)47-63-45-43-41-39-37-35-33-31-20-18-16-14-12-10-8-6-4-2/h15,17,21-22,24-25,49-50,52-56,58-59H,3-14,16,18-20,23,26-48H2,1-2H3,(H,60,61,62)/b17-15-,22-21-,25-24-. The van der Waals surface area contributed by atoms with Crippen molar-refractivity contribution in [2.45, 2.75) is 282 Å².